The summed E-state index contributed by atoms with van der Waals surface area (Å²) in [6.45, 7) is 15.0. The molecule has 0 bridgehead atoms. The zero-order chi connectivity index (χ0) is 23.3. The van der Waals surface area contributed by atoms with Gasteiger partial charge in [-0.15, -0.1) is 0 Å². The molecule has 2 unspecified atom stereocenters. The second kappa shape index (κ2) is 15.0. The lowest BCUT2D eigenvalue weighted by Gasteiger charge is -2.22. The molecule has 30 heavy (non-hydrogen) atoms. The first-order chi connectivity index (χ1) is 14.0. The van der Waals surface area contributed by atoms with Crippen molar-refractivity contribution in [3.63, 3.8) is 0 Å². The molecule has 0 aromatic rings. The fraction of sp³-hybridized carbons (Fsp3) is 0.826. The molecule has 0 aliphatic rings. The molecule has 0 aromatic carbocycles. The lowest BCUT2D eigenvalue weighted by Crippen LogP contribution is -2.50. The molecule has 7 nitrogen and oxygen atoms in total. The van der Waals surface area contributed by atoms with Gasteiger partial charge in [-0.3, -0.25) is 24.1 Å². The zero-order valence-corrected chi connectivity index (χ0v) is 20.0. The highest BCUT2D eigenvalue weighted by molar-refractivity contribution is 5.88. The summed E-state index contributed by atoms with van der Waals surface area (Å²) in [5, 5.41) is 5.70. The number of nitrogens with zero attached hydrogens (tertiary/aromatic N) is 1. The summed E-state index contributed by atoms with van der Waals surface area (Å²) in [7, 11) is 0. The van der Waals surface area contributed by atoms with Gasteiger partial charge in [-0.05, 0) is 36.5 Å². The topological polar surface area (TPSA) is 95.6 Å². The van der Waals surface area contributed by atoms with E-state index in [1.165, 1.54) is 4.90 Å². The van der Waals surface area contributed by atoms with Crippen LogP contribution < -0.4 is 10.6 Å². The molecule has 2 atom stereocenters. The average Bonchev–Trinajstić information content (AvgIpc) is 2.66. The molecule has 0 heterocycles. The van der Waals surface area contributed by atoms with Crippen LogP contribution in [0, 0.1) is 23.7 Å². The highest BCUT2D eigenvalue weighted by atomic mass is 16.2. The third-order valence-corrected chi connectivity index (χ3v) is 5.34. The Morgan fingerprint density at radius 3 is 2.03 bits per heavy atom. The second-order valence-electron chi connectivity index (χ2n) is 9.36. The molecule has 0 aliphatic heterocycles. The minimum atomic E-state index is -0.539. The monoisotopic (exact) mass is 425 g/mol. The molecule has 0 fully saturated rings. The van der Waals surface area contributed by atoms with Crippen molar-refractivity contribution in [1.82, 2.24) is 15.5 Å². The molecular formula is C23H43N3O4. The molecular weight excluding hydrogens is 382 g/mol. The van der Waals surface area contributed by atoms with Gasteiger partial charge in [0.25, 0.3) is 0 Å². The number of unbranched alkanes of at least 4 members (excludes halogenated alkanes) is 2. The lowest BCUT2D eigenvalue weighted by atomic mass is 9.94. The van der Waals surface area contributed by atoms with Crippen LogP contribution in [0.2, 0.25) is 0 Å². The molecule has 0 saturated carbocycles. The van der Waals surface area contributed by atoms with Crippen LogP contribution in [0.4, 0.5) is 0 Å². The van der Waals surface area contributed by atoms with Crippen LogP contribution in [0.5, 0.6) is 0 Å². The fourth-order valence-electron chi connectivity index (χ4n) is 2.80. The Morgan fingerprint density at radius 2 is 1.53 bits per heavy atom. The van der Waals surface area contributed by atoms with E-state index in [1.54, 1.807) is 0 Å². The number of carbonyl (C=O) groups excluding carboxylic acids is 4. The average molecular weight is 426 g/mol. The summed E-state index contributed by atoms with van der Waals surface area (Å²) in [6, 6.07) is -0.539. The molecule has 0 saturated heterocycles. The van der Waals surface area contributed by atoms with Gasteiger partial charge in [-0.25, -0.2) is 0 Å². The second-order valence-corrected chi connectivity index (χ2v) is 9.36. The number of carbonyl (C=O) groups is 4. The SMILES string of the molecule is CC(C)CNC(=O)C(NC(=O)CCCCCN(C=O)C(=O)CC(C)C(C)C)C(C)C. The molecule has 4 amide bonds. The van der Waals surface area contributed by atoms with Gasteiger partial charge in [0.2, 0.25) is 24.1 Å². The van der Waals surface area contributed by atoms with Gasteiger partial charge in [-0.2, -0.15) is 0 Å². The Balaban J connectivity index is 4.28. The molecule has 7 heteroatoms. The predicted octanol–water partition coefficient (Wildman–Crippen LogP) is 3.13. The standard InChI is InChI=1S/C23H43N3O4/c1-16(2)14-24-23(30)22(18(5)6)25-20(28)11-9-8-10-12-26(15-27)21(29)13-19(7)17(3)4/h15-19,22H,8-14H2,1-7H3,(H,24,30)(H,25,28). The number of hydrogen-bond donors (Lipinski definition) is 2. The number of rotatable bonds is 15. The summed E-state index contributed by atoms with van der Waals surface area (Å²) in [5.41, 5.74) is 0. The fourth-order valence-corrected chi connectivity index (χ4v) is 2.80. The highest BCUT2D eigenvalue weighted by Gasteiger charge is 2.24. The van der Waals surface area contributed by atoms with Gasteiger partial charge in [0.15, 0.2) is 0 Å². The van der Waals surface area contributed by atoms with Crippen molar-refractivity contribution in [1.29, 1.82) is 0 Å². The van der Waals surface area contributed by atoms with Gasteiger partial charge < -0.3 is 10.6 Å². The summed E-state index contributed by atoms with van der Waals surface area (Å²) < 4.78 is 0. The van der Waals surface area contributed by atoms with Gasteiger partial charge in [0.1, 0.15) is 6.04 Å². The smallest absolute Gasteiger partial charge is 0.242 e. The first kappa shape index (κ1) is 28.1. The van der Waals surface area contributed by atoms with Crippen LogP contribution in [0.3, 0.4) is 0 Å². The Bertz CT molecular complexity index is 547. The zero-order valence-electron chi connectivity index (χ0n) is 20.0. The van der Waals surface area contributed by atoms with E-state index >= 15 is 0 Å². The molecule has 0 aromatic heterocycles. The molecule has 0 radical (unpaired) electrons. The van der Waals surface area contributed by atoms with Crippen LogP contribution in [-0.4, -0.2) is 48.2 Å². The largest absolute Gasteiger partial charge is 0.354 e. The van der Waals surface area contributed by atoms with Crippen molar-refractivity contribution in [2.45, 2.75) is 86.6 Å². The van der Waals surface area contributed by atoms with Crippen LogP contribution in [0.25, 0.3) is 0 Å². The van der Waals surface area contributed by atoms with E-state index in [0.29, 0.717) is 57.0 Å². The normalized spacial score (nSPS) is 13.3. The molecule has 0 rings (SSSR count). The highest BCUT2D eigenvalue weighted by Crippen LogP contribution is 2.15. The van der Waals surface area contributed by atoms with E-state index < -0.39 is 6.04 Å². The maximum atomic E-state index is 12.3. The minimum absolute atomic E-state index is 0.00139. The van der Waals surface area contributed by atoms with Crippen LogP contribution in [0.1, 0.15) is 80.6 Å². The van der Waals surface area contributed by atoms with Crippen molar-refractivity contribution >= 4 is 24.1 Å². The maximum Gasteiger partial charge on any atom is 0.242 e. The van der Waals surface area contributed by atoms with E-state index in [9.17, 15) is 19.2 Å². The number of hydrogen-bond acceptors (Lipinski definition) is 4. The van der Waals surface area contributed by atoms with Crippen molar-refractivity contribution in [2.24, 2.45) is 23.7 Å². The van der Waals surface area contributed by atoms with Gasteiger partial charge in [0.05, 0.1) is 0 Å². The first-order valence-corrected chi connectivity index (χ1v) is 11.3. The molecule has 0 spiro atoms. The third kappa shape index (κ3) is 11.9. The van der Waals surface area contributed by atoms with Gasteiger partial charge in [0, 0.05) is 25.9 Å². The van der Waals surface area contributed by atoms with E-state index in [2.05, 4.69) is 24.5 Å². The first-order valence-electron chi connectivity index (χ1n) is 11.3. The van der Waals surface area contributed by atoms with Crippen LogP contribution >= 0.6 is 0 Å². The Labute approximate surface area is 182 Å². The summed E-state index contributed by atoms with van der Waals surface area (Å²) in [6.07, 6.45) is 3.33. The van der Waals surface area contributed by atoms with Crippen molar-refractivity contribution in [2.75, 3.05) is 13.1 Å². The lowest BCUT2D eigenvalue weighted by molar-refractivity contribution is -0.139. The van der Waals surface area contributed by atoms with Crippen LogP contribution in [0.15, 0.2) is 0 Å². The molecule has 174 valence electrons. The maximum absolute atomic E-state index is 12.3. The number of amides is 4. The number of nitrogens with one attached hydrogen (secondary N) is 2. The van der Waals surface area contributed by atoms with Gasteiger partial charge in [-0.1, -0.05) is 54.9 Å². The predicted molar refractivity (Wildman–Crippen MR) is 119 cm³/mol. The quantitative estimate of drug-likeness (QED) is 0.311. The Kier molecular flexibility index (Phi) is 14.0. The van der Waals surface area contributed by atoms with E-state index in [-0.39, 0.29) is 29.6 Å². The van der Waals surface area contributed by atoms with E-state index in [4.69, 9.17) is 0 Å². The molecule has 0 aliphatic carbocycles. The van der Waals surface area contributed by atoms with Crippen molar-refractivity contribution in [3.05, 3.63) is 0 Å². The van der Waals surface area contributed by atoms with Crippen molar-refractivity contribution < 1.29 is 19.2 Å². The molecule has 2 N–H and O–H groups in total. The summed E-state index contributed by atoms with van der Waals surface area (Å²) in [5.74, 6) is 0.533. The third-order valence-electron chi connectivity index (χ3n) is 5.34. The van der Waals surface area contributed by atoms with Gasteiger partial charge >= 0.3 is 0 Å². The Morgan fingerprint density at radius 1 is 0.900 bits per heavy atom. The van der Waals surface area contributed by atoms with Crippen LogP contribution in [-0.2, 0) is 19.2 Å². The van der Waals surface area contributed by atoms with E-state index in [0.717, 1.165) is 6.42 Å². The van der Waals surface area contributed by atoms with E-state index in [1.807, 2.05) is 34.6 Å². The summed E-state index contributed by atoms with van der Waals surface area (Å²) >= 11 is 0. The van der Waals surface area contributed by atoms with Crippen molar-refractivity contribution in [3.8, 4) is 0 Å². The Hall–Kier alpha value is -1.92. The number of imide groups is 1. The summed E-state index contributed by atoms with van der Waals surface area (Å²) in [4.78, 5) is 49.2. The minimum Gasteiger partial charge on any atom is -0.354 e.